The average Bonchev–Trinajstić information content (AvgIpc) is 1.77. The summed E-state index contributed by atoms with van der Waals surface area (Å²) >= 11 is 3.26. The van der Waals surface area contributed by atoms with Gasteiger partial charge in [0.2, 0.25) is 0 Å². The van der Waals surface area contributed by atoms with Crippen LogP contribution < -0.4 is 0 Å². The van der Waals surface area contributed by atoms with Crippen LogP contribution in [0.3, 0.4) is 0 Å². The Morgan fingerprint density at radius 3 is 2.00 bits per heavy atom. The highest BCUT2D eigenvalue weighted by Gasteiger charge is 1.87. The molecule has 0 bridgehead atoms. The molecule has 8 heavy (non-hydrogen) atoms. The minimum atomic E-state index is 0.549. The Morgan fingerprint density at radius 2 is 1.62 bits per heavy atom. The van der Waals surface area contributed by atoms with Crippen molar-refractivity contribution in [2.75, 3.05) is 0 Å². The largest absolute Gasteiger partial charge is 0.593 e. The van der Waals surface area contributed by atoms with Crippen LogP contribution in [0.15, 0.2) is 28.7 Å². The third-order valence-corrected chi connectivity index (χ3v) is 1.37. The topological polar surface area (TPSA) is 22.9 Å². The van der Waals surface area contributed by atoms with Crippen LogP contribution in [0.2, 0.25) is 0 Å². The molecule has 1 aromatic rings. The zero-order valence-corrected chi connectivity index (χ0v) is 5.77. The molecule has 42 valence electrons. The molecule has 0 aliphatic rings. The van der Waals surface area contributed by atoms with E-state index in [4.69, 9.17) is 5.11 Å². The SMILES string of the molecule is [OH2+]c1ccc(Br)cc1. The van der Waals surface area contributed by atoms with Gasteiger partial charge in [0, 0.05) is 16.6 Å². The Balaban J connectivity index is 3.03. The lowest BCUT2D eigenvalue weighted by atomic mass is 10.3. The molecule has 0 fully saturated rings. The summed E-state index contributed by atoms with van der Waals surface area (Å²) in [7, 11) is 0. The molecule has 0 unspecified atom stereocenters. The van der Waals surface area contributed by atoms with Gasteiger partial charge < -0.3 is 5.11 Å². The first kappa shape index (κ1) is 5.63. The van der Waals surface area contributed by atoms with Gasteiger partial charge in [-0.05, 0) is 12.1 Å². The molecule has 2 N–H and O–H groups in total. The minimum absolute atomic E-state index is 0.549. The summed E-state index contributed by atoms with van der Waals surface area (Å²) in [6, 6.07) is 7.18. The first-order valence-electron chi connectivity index (χ1n) is 2.26. The number of halogens is 1. The fraction of sp³-hybridized carbons (Fsp3) is 0. The van der Waals surface area contributed by atoms with Crippen molar-refractivity contribution in [3.05, 3.63) is 28.7 Å². The maximum atomic E-state index is 7.07. The van der Waals surface area contributed by atoms with E-state index in [1.807, 2.05) is 12.1 Å². The van der Waals surface area contributed by atoms with Crippen LogP contribution in [0.5, 0.6) is 5.75 Å². The van der Waals surface area contributed by atoms with E-state index in [1.165, 1.54) is 0 Å². The van der Waals surface area contributed by atoms with Gasteiger partial charge in [-0.2, -0.15) is 0 Å². The van der Waals surface area contributed by atoms with Crippen LogP contribution in [0.1, 0.15) is 0 Å². The molecule has 0 saturated carbocycles. The van der Waals surface area contributed by atoms with Crippen molar-refractivity contribution in [3.8, 4) is 5.75 Å². The summed E-state index contributed by atoms with van der Waals surface area (Å²) in [4.78, 5) is 0. The highest BCUT2D eigenvalue weighted by molar-refractivity contribution is 9.10. The zero-order chi connectivity index (χ0) is 5.98. The van der Waals surface area contributed by atoms with E-state index >= 15 is 0 Å². The van der Waals surface area contributed by atoms with Crippen molar-refractivity contribution < 1.29 is 5.11 Å². The second kappa shape index (κ2) is 2.18. The van der Waals surface area contributed by atoms with Crippen LogP contribution >= 0.6 is 15.9 Å². The van der Waals surface area contributed by atoms with Gasteiger partial charge >= 0.3 is 0 Å². The average molecular weight is 174 g/mol. The molecule has 1 rings (SSSR count). The van der Waals surface area contributed by atoms with Gasteiger partial charge in [0.15, 0.2) is 0 Å². The first-order chi connectivity index (χ1) is 3.79. The third-order valence-electron chi connectivity index (χ3n) is 0.844. The summed E-state index contributed by atoms with van der Waals surface area (Å²) in [5, 5.41) is 7.07. The normalized spacial score (nSPS) is 9.12. The fourth-order valence-corrected chi connectivity index (χ4v) is 0.714. The summed E-state index contributed by atoms with van der Waals surface area (Å²) < 4.78 is 1.02. The first-order valence-corrected chi connectivity index (χ1v) is 3.05. The van der Waals surface area contributed by atoms with Gasteiger partial charge in [0.05, 0.1) is 0 Å². The predicted molar refractivity (Wildman–Crippen MR) is 37.2 cm³/mol. The van der Waals surface area contributed by atoms with Crippen LogP contribution in [-0.2, 0) is 0 Å². The Morgan fingerprint density at radius 1 is 1.12 bits per heavy atom. The molecule has 1 nitrogen and oxygen atoms in total. The van der Waals surface area contributed by atoms with Crippen molar-refractivity contribution >= 4 is 15.9 Å². The van der Waals surface area contributed by atoms with E-state index < -0.39 is 0 Å². The number of hydrogen-bond acceptors (Lipinski definition) is 0. The summed E-state index contributed by atoms with van der Waals surface area (Å²) in [5.74, 6) is 0.549. The Kier molecular flexibility index (Phi) is 1.53. The molecule has 2 heteroatoms. The number of hydrogen-bond donors (Lipinski definition) is 0. The molecule has 0 spiro atoms. The summed E-state index contributed by atoms with van der Waals surface area (Å²) in [5.41, 5.74) is 0. The van der Waals surface area contributed by atoms with Gasteiger partial charge in [-0.3, -0.25) is 0 Å². The molecular weight excluding hydrogens is 168 g/mol. The lowest BCUT2D eigenvalue weighted by Crippen LogP contribution is -1.61. The number of rotatable bonds is 0. The molecule has 0 aliphatic carbocycles. The molecule has 0 atom stereocenters. The highest BCUT2D eigenvalue weighted by Crippen LogP contribution is 2.13. The Labute approximate surface area is 56.1 Å². The van der Waals surface area contributed by atoms with Gasteiger partial charge in [-0.15, -0.1) is 0 Å². The maximum Gasteiger partial charge on any atom is 0.253 e. The molecule has 1 aromatic carbocycles. The van der Waals surface area contributed by atoms with E-state index in [9.17, 15) is 0 Å². The highest BCUT2D eigenvalue weighted by atomic mass is 79.9. The molecule has 0 saturated heterocycles. The monoisotopic (exact) mass is 173 g/mol. The van der Waals surface area contributed by atoms with Gasteiger partial charge in [-0.1, -0.05) is 15.9 Å². The van der Waals surface area contributed by atoms with Crippen molar-refractivity contribution in [2.24, 2.45) is 0 Å². The van der Waals surface area contributed by atoms with E-state index in [-0.39, 0.29) is 0 Å². The van der Waals surface area contributed by atoms with Gasteiger partial charge in [0.25, 0.3) is 5.75 Å². The minimum Gasteiger partial charge on any atom is -0.593 e. The smallest absolute Gasteiger partial charge is 0.253 e. The summed E-state index contributed by atoms with van der Waals surface area (Å²) in [6.07, 6.45) is 0. The van der Waals surface area contributed by atoms with Crippen molar-refractivity contribution in [1.82, 2.24) is 0 Å². The van der Waals surface area contributed by atoms with Gasteiger partial charge in [0.1, 0.15) is 0 Å². The quantitative estimate of drug-likeness (QED) is 0.536. The lowest BCUT2D eigenvalue weighted by molar-refractivity contribution is 0.475. The van der Waals surface area contributed by atoms with Crippen LogP contribution in [0.4, 0.5) is 0 Å². The van der Waals surface area contributed by atoms with Crippen LogP contribution in [-0.4, -0.2) is 5.11 Å². The fourth-order valence-electron chi connectivity index (χ4n) is 0.450. The predicted octanol–water partition coefficient (Wildman–Crippen LogP) is 1.89. The Hall–Kier alpha value is -0.500. The molecule has 0 aliphatic heterocycles. The molecular formula is C6H6BrO+. The summed E-state index contributed by atoms with van der Waals surface area (Å²) in [6.45, 7) is 0. The second-order valence-electron chi connectivity index (χ2n) is 1.51. The third kappa shape index (κ3) is 1.23. The molecule has 0 amide bonds. The van der Waals surface area contributed by atoms with E-state index in [0.717, 1.165) is 4.47 Å². The van der Waals surface area contributed by atoms with E-state index in [2.05, 4.69) is 15.9 Å². The zero-order valence-electron chi connectivity index (χ0n) is 4.19. The van der Waals surface area contributed by atoms with E-state index in [1.54, 1.807) is 12.1 Å². The number of benzene rings is 1. The molecule has 0 heterocycles. The van der Waals surface area contributed by atoms with Gasteiger partial charge in [-0.25, -0.2) is 0 Å². The van der Waals surface area contributed by atoms with Crippen molar-refractivity contribution in [3.63, 3.8) is 0 Å². The lowest BCUT2D eigenvalue weighted by Gasteiger charge is -1.84. The van der Waals surface area contributed by atoms with Crippen LogP contribution in [0.25, 0.3) is 0 Å². The standard InChI is InChI=1S/C6H5BrO/c7-5-1-3-6(8)4-2-5/h1-4,8H/p+1. The van der Waals surface area contributed by atoms with Crippen molar-refractivity contribution in [2.45, 2.75) is 0 Å². The van der Waals surface area contributed by atoms with E-state index in [0.29, 0.717) is 5.75 Å². The van der Waals surface area contributed by atoms with Crippen molar-refractivity contribution in [1.29, 1.82) is 0 Å². The Bertz CT molecular complexity index is 147. The second-order valence-corrected chi connectivity index (χ2v) is 2.42. The van der Waals surface area contributed by atoms with Crippen LogP contribution in [0, 0.1) is 0 Å². The maximum absolute atomic E-state index is 7.07. The molecule has 0 radical (unpaired) electrons. The molecule has 0 aromatic heterocycles.